The molecule has 0 aliphatic rings. The Hall–Kier alpha value is -0.820. The molecule has 0 aliphatic heterocycles. The fourth-order valence-electron chi connectivity index (χ4n) is 1.70. The monoisotopic (exact) mass is 210 g/mol. The van der Waals surface area contributed by atoms with E-state index in [2.05, 4.69) is 0 Å². The summed E-state index contributed by atoms with van der Waals surface area (Å²) in [5.41, 5.74) is 1.17. The van der Waals surface area contributed by atoms with Gasteiger partial charge in [-0.2, -0.15) is 0 Å². The molecule has 0 spiro atoms. The third-order valence-electron chi connectivity index (χ3n) is 2.66. The maximum Gasteiger partial charge on any atom is 0.225 e. The van der Waals surface area contributed by atoms with E-state index in [0.29, 0.717) is 0 Å². The van der Waals surface area contributed by atoms with Gasteiger partial charge in [-0.1, -0.05) is 44.2 Å². The average Bonchev–Trinajstić information content (AvgIpc) is 2.19. The largest absolute Gasteiger partial charge is 0.281 e. The van der Waals surface area contributed by atoms with Gasteiger partial charge < -0.3 is 0 Å². The number of halogens is 1. The standard InChI is InChI=1S/C12H15ClO/c1-3-11(12(13)14)9(2)10-7-5-4-6-8-10/h4-9,11H,3H2,1-2H3. The lowest BCUT2D eigenvalue weighted by molar-refractivity contribution is -0.115. The fraction of sp³-hybridized carbons (Fsp3) is 0.417. The van der Waals surface area contributed by atoms with Crippen molar-refractivity contribution in [3.63, 3.8) is 0 Å². The van der Waals surface area contributed by atoms with Crippen LogP contribution in [0.25, 0.3) is 0 Å². The zero-order valence-corrected chi connectivity index (χ0v) is 9.29. The molecule has 2 unspecified atom stereocenters. The number of benzene rings is 1. The topological polar surface area (TPSA) is 17.1 Å². The molecule has 0 saturated carbocycles. The van der Waals surface area contributed by atoms with Crippen LogP contribution in [0.15, 0.2) is 30.3 Å². The lowest BCUT2D eigenvalue weighted by Gasteiger charge is -2.19. The van der Waals surface area contributed by atoms with Gasteiger partial charge in [-0.3, -0.25) is 4.79 Å². The first-order chi connectivity index (χ1) is 6.66. The van der Waals surface area contributed by atoms with Crippen LogP contribution in [0, 0.1) is 5.92 Å². The van der Waals surface area contributed by atoms with Crippen molar-refractivity contribution in [1.29, 1.82) is 0 Å². The number of hydrogen-bond acceptors (Lipinski definition) is 1. The van der Waals surface area contributed by atoms with E-state index in [4.69, 9.17) is 11.6 Å². The average molecular weight is 211 g/mol. The molecule has 1 aromatic carbocycles. The molecular weight excluding hydrogens is 196 g/mol. The zero-order chi connectivity index (χ0) is 10.6. The highest BCUT2D eigenvalue weighted by molar-refractivity contribution is 6.64. The minimum Gasteiger partial charge on any atom is -0.281 e. The number of hydrogen-bond donors (Lipinski definition) is 0. The summed E-state index contributed by atoms with van der Waals surface area (Å²) in [5, 5.41) is -0.233. The molecule has 2 atom stereocenters. The molecule has 0 heterocycles. The van der Waals surface area contributed by atoms with E-state index < -0.39 is 0 Å². The summed E-state index contributed by atoms with van der Waals surface area (Å²) in [6.07, 6.45) is 0.790. The van der Waals surface area contributed by atoms with Gasteiger partial charge in [-0.05, 0) is 29.5 Å². The van der Waals surface area contributed by atoms with E-state index in [-0.39, 0.29) is 17.1 Å². The Labute approximate surface area is 90.1 Å². The number of rotatable bonds is 4. The minimum absolute atomic E-state index is 0.0703. The Bertz CT molecular complexity index is 294. The highest BCUT2D eigenvalue weighted by Crippen LogP contribution is 2.28. The van der Waals surface area contributed by atoms with E-state index in [1.54, 1.807) is 0 Å². The molecule has 1 aromatic rings. The predicted octanol–water partition coefficient (Wildman–Crippen LogP) is 3.58. The molecular formula is C12H15ClO. The smallest absolute Gasteiger partial charge is 0.225 e. The van der Waals surface area contributed by atoms with Crippen molar-refractivity contribution >= 4 is 16.8 Å². The summed E-state index contributed by atoms with van der Waals surface area (Å²) in [6, 6.07) is 10.0. The van der Waals surface area contributed by atoms with E-state index >= 15 is 0 Å². The molecule has 76 valence electrons. The molecule has 1 nitrogen and oxygen atoms in total. The number of carbonyl (C=O) groups excluding carboxylic acids is 1. The minimum atomic E-state index is -0.233. The first kappa shape index (κ1) is 11.3. The van der Waals surface area contributed by atoms with Gasteiger partial charge in [0.25, 0.3) is 0 Å². The van der Waals surface area contributed by atoms with E-state index in [0.717, 1.165) is 6.42 Å². The van der Waals surface area contributed by atoms with Crippen LogP contribution in [0.2, 0.25) is 0 Å². The van der Waals surface area contributed by atoms with Crippen LogP contribution >= 0.6 is 11.6 Å². The normalized spacial score (nSPS) is 14.8. The molecule has 0 amide bonds. The predicted molar refractivity (Wildman–Crippen MR) is 59.5 cm³/mol. The molecule has 1 rings (SSSR count). The molecule has 0 fully saturated rings. The Kier molecular flexibility index (Phi) is 4.15. The van der Waals surface area contributed by atoms with Crippen LogP contribution < -0.4 is 0 Å². The van der Waals surface area contributed by atoms with Gasteiger partial charge >= 0.3 is 0 Å². The van der Waals surface area contributed by atoms with Crippen molar-refractivity contribution in [2.75, 3.05) is 0 Å². The molecule has 0 saturated heterocycles. The molecule has 0 N–H and O–H groups in total. The highest BCUT2D eigenvalue weighted by Gasteiger charge is 2.22. The first-order valence-electron chi connectivity index (χ1n) is 4.91. The highest BCUT2D eigenvalue weighted by atomic mass is 35.5. The Balaban J connectivity index is 2.83. The summed E-state index contributed by atoms with van der Waals surface area (Å²) in [5.74, 6) is 0.130. The Morgan fingerprint density at radius 3 is 2.36 bits per heavy atom. The Morgan fingerprint density at radius 2 is 1.93 bits per heavy atom. The van der Waals surface area contributed by atoms with Crippen molar-refractivity contribution < 1.29 is 4.79 Å². The van der Waals surface area contributed by atoms with E-state index in [9.17, 15) is 4.79 Å². The fourth-order valence-corrected chi connectivity index (χ4v) is 2.04. The van der Waals surface area contributed by atoms with Crippen molar-refractivity contribution in [3.8, 4) is 0 Å². The summed E-state index contributed by atoms with van der Waals surface area (Å²) < 4.78 is 0. The van der Waals surface area contributed by atoms with Crippen molar-refractivity contribution in [1.82, 2.24) is 0 Å². The van der Waals surface area contributed by atoms with Gasteiger partial charge in [0, 0.05) is 5.92 Å². The van der Waals surface area contributed by atoms with E-state index in [1.165, 1.54) is 5.56 Å². The molecule has 0 radical (unpaired) electrons. The lowest BCUT2D eigenvalue weighted by atomic mass is 9.87. The van der Waals surface area contributed by atoms with Gasteiger partial charge in [-0.25, -0.2) is 0 Å². The lowest BCUT2D eigenvalue weighted by Crippen LogP contribution is -2.15. The Morgan fingerprint density at radius 1 is 1.36 bits per heavy atom. The first-order valence-corrected chi connectivity index (χ1v) is 5.29. The quantitative estimate of drug-likeness (QED) is 0.695. The maximum absolute atomic E-state index is 11.2. The zero-order valence-electron chi connectivity index (χ0n) is 8.53. The van der Waals surface area contributed by atoms with Crippen LogP contribution in [-0.2, 0) is 4.79 Å². The summed E-state index contributed by atoms with van der Waals surface area (Å²) in [7, 11) is 0. The van der Waals surface area contributed by atoms with Crippen LogP contribution in [0.3, 0.4) is 0 Å². The van der Waals surface area contributed by atoms with Crippen LogP contribution in [-0.4, -0.2) is 5.24 Å². The second-order valence-corrected chi connectivity index (χ2v) is 3.89. The SMILES string of the molecule is CCC(C(=O)Cl)C(C)c1ccccc1. The number of carbonyl (C=O) groups is 1. The van der Waals surface area contributed by atoms with Gasteiger partial charge in [0.1, 0.15) is 0 Å². The van der Waals surface area contributed by atoms with Gasteiger partial charge in [0.2, 0.25) is 5.24 Å². The van der Waals surface area contributed by atoms with Gasteiger partial charge in [-0.15, -0.1) is 0 Å². The van der Waals surface area contributed by atoms with Gasteiger partial charge in [0.15, 0.2) is 0 Å². The van der Waals surface area contributed by atoms with Crippen molar-refractivity contribution in [2.24, 2.45) is 5.92 Å². The maximum atomic E-state index is 11.2. The van der Waals surface area contributed by atoms with Crippen LogP contribution in [0.5, 0.6) is 0 Å². The summed E-state index contributed by atoms with van der Waals surface area (Å²) in [6.45, 7) is 4.04. The molecule has 0 aromatic heterocycles. The van der Waals surface area contributed by atoms with Crippen LogP contribution in [0.1, 0.15) is 31.7 Å². The molecule has 0 bridgehead atoms. The third-order valence-corrected chi connectivity index (χ3v) is 2.94. The summed E-state index contributed by atoms with van der Waals surface area (Å²) in [4.78, 5) is 11.2. The second-order valence-electron chi connectivity index (χ2n) is 3.52. The molecule has 0 aliphatic carbocycles. The van der Waals surface area contributed by atoms with E-state index in [1.807, 2.05) is 44.2 Å². The van der Waals surface area contributed by atoms with Gasteiger partial charge in [0.05, 0.1) is 0 Å². The third kappa shape index (κ3) is 2.58. The second kappa shape index (κ2) is 5.16. The van der Waals surface area contributed by atoms with Crippen molar-refractivity contribution in [2.45, 2.75) is 26.2 Å². The summed E-state index contributed by atoms with van der Waals surface area (Å²) >= 11 is 5.55. The molecule has 2 heteroatoms. The van der Waals surface area contributed by atoms with Crippen molar-refractivity contribution in [3.05, 3.63) is 35.9 Å². The molecule has 14 heavy (non-hydrogen) atoms. The van der Waals surface area contributed by atoms with Crippen LogP contribution in [0.4, 0.5) is 0 Å².